The van der Waals surface area contributed by atoms with Gasteiger partial charge in [0.15, 0.2) is 0 Å². The molecule has 0 bridgehead atoms. The number of hydrogen-bond donors (Lipinski definition) is 0. The first-order chi connectivity index (χ1) is 18.4. The van der Waals surface area contributed by atoms with Crippen molar-refractivity contribution in [2.75, 3.05) is 31.7 Å². The summed E-state index contributed by atoms with van der Waals surface area (Å²) in [5.74, 6) is -1.91. The van der Waals surface area contributed by atoms with Gasteiger partial charge in [0, 0.05) is 19.1 Å². The Balaban J connectivity index is 1.84. The molecule has 0 aromatic heterocycles. The average Bonchev–Trinajstić information content (AvgIpc) is 2.89. The van der Waals surface area contributed by atoms with Crippen LogP contribution in [0.4, 0.5) is 14.5 Å². The molecule has 0 aliphatic carbocycles. The van der Waals surface area contributed by atoms with Crippen LogP contribution in [0.1, 0.15) is 18.9 Å². The van der Waals surface area contributed by atoms with Crippen LogP contribution in [0.25, 0.3) is 11.1 Å². The molecule has 4 rings (SSSR count). The highest BCUT2D eigenvalue weighted by Gasteiger charge is 2.42. The molecule has 1 heterocycles. The lowest BCUT2D eigenvalue weighted by atomic mass is 9.84. The number of carbonyl (C=O) groups excluding carboxylic acids is 1. The number of benzene rings is 3. The highest BCUT2D eigenvalue weighted by atomic mass is 35.5. The van der Waals surface area contributed by atoms with Gasteiger partial charge in [0.1, 0.15) is 23.5 Å². The lowest BCUT2D eigenvalue weighted by Crippen LogP contribution is -2.47. The first-order valence-electron chi connectivity index (χ1n) is 12.0. The Morgan fingerprint density at radius 1 is 1.15 bits per heavy atom. The van der Waals surface area contributed by atoms with Crippen LogP contribution in [0.15, 0.2) is 59.5 Å². The van der Waals surface area contributed by atoms with E-state index in [1.54, 1.807) is 32.0 Å². The van der Waals surface area contributed by atoms with Crippen LogP contribution >= 0.6 is 11.6 Å². The summed E-state index contributed by atoms with van der Waals surface area (Å²) in [7, 11) is -1.42. The molecule has 3 aromatic carbocycles. The lowest BCUT2D eigenvalue weighted by molar-refractivity contribution is -0.156. The van der Waals surface area contributed by atoms with E-state index in [1.807, 2.05) is 0 Å². The molecule has 0 saturated heterocycles. The number of aryl methyl sites for hydroxylation is 1. The molecule has 0 N–H and O–H groups in total. The Morgan fingerprint density at radius 2 is 1.90 bits per heavy atom. The number of hydrogen-bond acceptors (Lipinski definition) is 6. The van der Waals surface area contributed by atoms with Gasteiger partial charge in [0.25, 0.3) is 10.0 Å². The van der Waals surface area contributed by atoms with Gasteiger partial charge in [-0.25, -0.2) is 17.2 Å². The van der Waals surface area contributed by atoms with Gasteiger partial charge in [-0.3, -0.25) is 9.10 Å². The standard InChI is InChI=1S/C28H28ClF2NO6S/c1-17-6-5-7-21(10-17)39(34,35)32-15-20(14-28(2,16-36-3)27(33)37-4)38-25-9-8-18(11-24(25)32)22-12-19(30)13-23(29)26(22)31/h5-13,20H,14-16H2,1-4H3/t20-,28?/m0/s1. The van der Waals surface area contributed by atoms with E-state index in [2.05, 4.69) is 0 Å². The van der Waals surface area contributed by atoms with Crippen molar-refractivity contribution in [1.82, 2.24) is 0 Å². The molecule has 7 nitrogen and oxygen atoms in total. The highest BCUT2D eigenvalue weighted by molar-refractivity contribution is 7.92. The third-order valence-corrected chi connectivity index (χ3v) is 8.64. The third-order valence-electron chi connectivity index (χ3n) is 6.59. The minimum absolute atomic E-state index is 0.0234. The number of methoxy groups -OCH3 is 2. The third kappa shape index (κ3) is 5.73. The van der Waals surface area contributed by atoms with E-state index < -0.39 is 44.2 Å². The predicted molar refractivity (Wildman–Crippen MR) is 144 cm³/mol. The molecule has 1 unspecified atom stereocenters. The van der Waals surface area contributed by atoms with Gasteiger partial charge in [-0.1, -0.05) is 29.8 Å². The summed E-state index contributed by atoms with van der Waals surface area (Å²) in [6.45, 7) is 3.29. The number of halogens is 3. The van der Waals surface area contributed by atoms with Crippen LogP contribution in [-0.2, 0) is 24.3 Å². The quantitative estimate of drug-likeness (QED) is 0.249. The smallest absolute Gasteiger partial charge is 0.314 e. The number of esters is 1. The summed E-state index contributed by atoms with van der Waals surface area (Å²) in [6.07, 6.45) is -0.676. The molecule has 2 atom stereocenters. The van der Waals surface area contributed by atoms with E-state index in [-0.39, 0.29) is 47.0 Å². The molecule has 208 valence electrons. The molecule has 0 spiro atoms. The van der Waals surface area contributed by atoms with Crippen molar-refractivity contribution in [1.29, 1.82) is 0 Å². The van der Waals surface area contributed by atoms with Crippen molar-refractivity contribution >= 4 is 33.3 Å². The minimum atomic E-state index is -4.14. The second-order valence-corrected chi connectivity index (χ2v) is 12.0. The Morgan fingerprint density at radius 3 is 2.56 bits per heavy atom. The Bertz CT molecular complexity index is 1520. The molecule has 11 heteroatoms. The molecule has 0 amide bonds. The number of anilines is 1. The molecule has 0 saturated carbocycles. The Hall–Kier alpha value is -3.21. The lowest BCUT2D eigenvalue weighted by Gasteiger charge is -2.38. The fourth-order valence-electron chi connectivity index (χ4n) is 4.75. The minimum Gasteiger partial charge on any atom is -0.486 e. The molecule has 0 fully saturated rings. The number of nitrogens with zero attached hydrogens (tertiary/aromatic N) is 1. The largest absolute Gasteiger partial charge is 0.486 e. The van der Waals surface area contributed by atoms with Gasteiger partial charge in [-0.05, 0) is 61.4 Å². The first kappa shape index (κ1) is 28.8. The van der Waals surface area contributed by atoms with Crippen LogP contribution in [0.2, 0.25) is 5.02 Å². The van der Waals surface area contributed by atoms with Gasteiger partial charge in [0.2, 0.25) is 0 Å². The predicted octanol–water partition coefficient (Wildman–Crippen LogP) is 5.77. The van der Waals surface area contributed by atoms with Gasteiger partial charge < -0.3 is 14.2 Å². The number of carbonyl (C=O) groups is 1. The summed E-state index contributed by atoms with van der Waals surface area (Å²) >= 11 is 5.86. The fraction of sp³-hybridized carbons (Fsp3) is 0.321. The van der Waals surface area contributed by atoms with Crippen molar-refractivity contribution < 1.29 is 36.2 Å². The van der Waals surface area contributed by atoms with E-state index in [0.717, 1.165) is 22.0 Å². The summed E-state index contributed by atoms with van der Waals surface area (Å²) in [5.41, 5.74) is -0.165. The van der Waals surface area contributed by atoms with E-state index in [0.29, 0.717) is 0 Å². The molecular weight excluding hydrogens is 552 g/mol. The summed E-state index contributed by atoms with van der Waals surface area (Å²) in [5, 5.41) is -0.400. The van der Waals surface area contributed by atoms with E-state index in [9.17, 15) is 22.0 Å². The molecule has 0 radical (unpaired) electrons. The molecule has 1 aliphatic heterocycles. The second-order valence-electron chi connectivity index (χ2n) is 9.71. The van der Waals surface area contributed by atoms with Crippen LogP contribution in [-0.4, -0.2) is 47.9 Å². The van der Waals surface area contributed by atoms with Crippen molar-refractivity contribution in [3.63, 3.8) is 0 Å². The number of sulfonamides is 1. The van der Waals surface area contributed by atoms with Crippen LogP contribution in [0.5, 0.6) is 5.75 Å². The number of rotatable bonds is 8. The maximum atomic E-state index is 14.9. The SMILES string of the molecule is COCC(C)(C[C@H]1CN(S(=O)(=O)c2cccc(C)c2)c2cc(-c3cc(F)cc(Cl)c3F)ccc2O1)C(=O)OC. The van der Waals surface area contributed by atoms with Crippen LogP contribution in [0.3, 0.4) is 0 Å². The van der Waals surface area contributed by atoms with Gasteiger partial charge >= 0.3 is 5.97 Å². The average molecular weight is 580 g/mol. The summed E-state index contributed by atoms with van der Waals surface area (Å²) < 4.78 is 74.4. The number of ether oxygens (including phenoxy) is 3. The van der Waals surface area contributed by atoms with Gasteiger partial charge in [0.05, 0.1) is 41.3 Å². The number of fused-ring (bicyclic) bond motifs is 1. The summed E-state index contributed by atoms with van der Waals surface area (Å²) in [4.78, 5) is 12.7. The Kier molecular flexibility index (Phi) is 8.20. The van der Waals surface area contributed by atoms with Crippen molar-refractivity contribution in [3.8, 4) is 16.9 Å². The van der Waals surface area contributed by atoms with E-state index in [1.165, 1.54) is 38.5 Å². The van der Waals surface area contributed by atoms with Crippen LogP contribution in [0, 0.1) is 24.0 Å². The fourth-order valence-corrected chi connectivity index (χ4v) is 6.56. The van der Waals surface area contributed by atoms with Gasteiger partial charge in [-0.15, -0.1) is 0 Å². The zero-order valence-electron chi connectivity index (χ0n) is 21.8. The zero-order chi connectivity index (χ0) is 28.5. The molecule has 39 heavy (non-hydrogen) atoms. The zero-order valence-corrected chi connectivity index (χ0v) is 23.4. The second kappa shape index (κ2) is 11.1. The molecule has 1 aliphatic rings. The highest BCUT2D eigenvalue weighted by Crippen LogP contribution is 2.43. The van der Waals surface area contributed by atoms with E-state index in [4.69, 9.17) is 25.8 Å². The Labute approximate surface area is 231 Å². The summed E-state index contributed by atoms with van der Waals surface area (Å²) in [6, 6.07) is 12.7. The first-order valence-corrected chi connectivity index (χ1v) is 13.8. The topological polar surface area (TPSA) is 82.1 Å². The van der Waals surface area contributed by atoms with Crippen molar-refractivity contribution in [3.05, 3.63) is 76.8 Å². The monoisotopic (exact) mass is 579 g/mol. The normalized spacial score (nSPS) is 16.7. The van der Waals surface area contributed by atoms with Crippen molar-refractivity contribution in [2.24, 2.45) is 5.41 Å². The molecular formula is C28H28ClF2NO6S. The molecule has 3 aromatic rings. The van der Waals surface area contributed by atoms with Gasteiger partial charge in [-0.2, -0.15) is 0 Å². The van der Waals surface area contributed by atoms with E-state index >= 15 is 0 Å². The van der Waals surface area contributed by atoms with Crippen molar-refractivity contribution in [2.45, 2.75) is 31.3 Å². The maximum absolute atomic E-state index is 14.9. The van der Waals surface area contributed by atoms with Crippen LogP contribution < -0.4 is 9.04 Å². The maximum Gasteiger partial charge on any atom is 0.314 e.